The fourth-order valence-corrected chi connectivity index (χ4v) is 2.85. The van der Waals surface area contributed by atoms with Crippen LogP contribution < -0.4 is 5.32 Å². The Balaban J connectivity index is 1.81. The van der Waals surface area contributed by atoms with Gasteiger partial charge in [0, 0.05) is 61.5 Å². The number of imidazole rings is 1. The number of aromatic nitrogens is 3. The number of pyridine rings is 1. The van der Waals surface area contributed by atoms with Crippen molar-refractivity contribution in [1.29, 1.82) is 0 Å². The van der Waals surface area contributed by atoms with Crippen molar-refractivity contribution in [2.24, 2.45) is 0 Å². The second-order valence-corrected chi connectivity index (χ2v) is 7.03. The van der Waals surface area contributed by atoms with Crippen molar-refractivity contribution >= 4 is 5.91 Å². The number of aliphatic hydroxyl groups is 1. The standard InChI is InChI=1S/C21H24N4O2/c1-15(26)23-8-10-25-11-9-24-20(25)17-6-4-16(5-7-17)18-12-19(14-22-13-18)21(2,3)27/h4-7,9,11-14,27H,8,10H2,1-3H3,(H,23,26). The summed E-state index contributed by atoms with van der Waals surface area (Å²) in [6.07, 6.45) is 7.14. The summed E-state index contributed by atoms with van der Waals surface area (Å²) in [6.45, 7) is 6.23. The number of nitrogens with one attached hydrogen (secondary N) is 1. The van der Waals surface area contributed by atoms with Gasteiger partial charge in [0.2, 0.25) is 5.91 Å². The minimum absolute atomic E-state index is 0.0390. The Hall–Kier alpha value is -2.99. The molecule has 2 aromatic heterocycles. The molecule has 2 heterocycles. The Morgan fingerprint density at radius 1 is 1.15 bits per heavy atom. The van der Waals surface area contributed by atoms with E-state index in [1.54, 1.807) is 32.4 Å². The maximum Gasteiger partial charge on any atom is 0.216 e. The van der Waals surface area contributed by atoms with E-state index in [4.69, 9.17) is 0 Å². The molecule has 0 aliphatic heterocycles. The second-order valence-electron chi connectivity index (χ2n) is 7.03. The van der Waals surface area contributed by atoms with E-state index in [0.717, 1.165) is 28.1 Å². The van der Waals surface area contributed by atoms with Crippen LogP contribution in [0.4, 0.5) is 0 Å². The van der Waals surface area contributed by atoms with Crippen molar-refractivity contribution in [1.82, 2.24) is 19.9 Å². The third kappa shape index (κ3) is 4.60. The van der Waals surface area contributed by atoms with Gasteiger partial charge in [0.25, 0.3) is 0 Å². The molecule has 0 bridgehead atoms. The lowest BCUT2D eigenvalue weighted by Gasteiger charge is -2.18. The van der Waals surface area contributed by atoms with Crippen molar-refractivity contribution in [3.63, 3.8) is 0 Å². The maximum atomic E-state index is 11.0. The minimum atomic E-state index is -0.929. The first-order valence-corrected chi connectivity index (χ1v) is 8.89. The van der Waals surface area contributed by atoms with Crippen molar-refractivity contribution < 1.29 is 9.90 Å². The van der Waals surface area contributed by atoms with Crippen molar-refractivity contribution in [3.8, 4) is 22.5 Å². The van der Waals surface area contributed by atoms with Crippen LogP contribution in [0.25, 0.3) is 22.5 Å². The summed E-state index contributed by atoms with van der Waals surface area (Å²) in [5, 5.41) is 13.0. The maximum absolute atomic E-state index is 11.0. The van der Waals surface area contributed by atoms with Crippen molar-refractivity contribution in [2.75, 3.05) is 6.54 Å². The van der Waals surface area contributed by atoms with E-state index in [0.29, 0.717) is 13.1 Å². The van der Waals surface area contributed by atoms with Gasteiger partial charge < -0.3 is 15.0 Å². The molecule has 0 fully saturated rings. The second kappa shape index (κ2) is 7.72. The van der Waals surface area contributed by atoms with Crippen LogP contribution in [0.15, 0.2) is 55.1 Å². The van der Waals surface area contributed by atoms with Gasteiger partial charge in [-0.2, -0.15) is 0 Å². The number of hydrogen-bond acceptors (Lipinski definition) is 4. The van der Waals surface area contributed by atoms with E-state index in [1.807, 2.05) is 41.1 Å². The minimum Gasteiger partial charge on any atom is -0.386 e. The Morgan fingerprint density at radius 3 is 2.52 bits per heavy atom. The van der Waals surface area contributed by atoms with Crippen LogP contribution in [0, 0.1) is 0 Å². The van der Waals surface area contributed by atoms with Gasteiger partial charge in [-0.15, -0.1) is 0 Å². The third-order valence-electron chi connectivity index (χ3n) is 4.36. The summed E-state index contributed by atoms with van der Waals surface area (Å²) in [7, 11) is 0. The molecule has 1 aromatic carbocycles. The van der Waals surface area contributed by atoms with Gasteiger partial charge in [-0.1, -0.05) is 24.3 Å². The van der Waals surface area contributed by atoms with Gasteiger partial charge in [-0.3, -0.25) is 9.78 Å². The fraction of sp³-hybridized carbons (Fsp3) is 0.286. The van der Waals surface area contributed by atoms with E-state index in [9.17, 15) is 9.90 Å². The molecule has 6 nitrogen and oxygen atoms in total. The van der Waals surface area contributed by atoms with Crippen LogP contribution >= 0.6 is 0 Å². The van der Waals surface area contributed by atoms with E-state index >= 15 is 0 Å². The molecule has 1 amide bonds. The molecular weight excluding hydrogens is 340 g/mol. The van der Waals surface area contributed by atoms with Crippen LogP contribution in [-0.4, -0.2) is 32.1 Å². The number of hydrogen-bond donors (Lipinski definition) is 2. The fourth-order valence-electron chi connectivity index (χ4n) is 2.85. The Labute approximate surface area is 158 Å². The first kappa shape index (κ1) is 18.8. The monoisotopic (exact) mass is 364 g/mol. The van der Waals surface area contributed by atoms with Crippen molar-refractivity contribution in [2.45, 2.75) is 32.9 Å². The highest BCUT2D eigenvalue weighted by Gasteiger charge is 2.17. The zero-order chi connectivity index (χ0) is 19.4. The lowest BCUT2D eigenvalue weighted by molar-refractivity contribution is -0.118. The predicted molar refractivity (Wildman–Crippen MR) is 105 cm³/mol. The number of amides is 1. The van der Waals surface area contributed by atoms with Crippen LogP contribution in [0.2, 0.25) is 0 Å². The van der Waals surface area contributed by atoms with Gasteiger partial charge in [-0.05, 0) is 25.5 Å². The molecule has 2 N–H and O–H groups in total. The molecule has 3 rings (SSSR count). The van der Waals surface area contributed by atoms with E-state index in [-0.39, 0.29) is 5.91 Å². The summed E-state index contributed by atoms with van der Waals surface area (Å²) >= 11 is 0. The van der Waals surface area contributed by atoms with Gasteiger partial charge in [0.1, 0.15) is 5.82 Å². The number of carbonyl (C=O) groups is 1. The molecule has 0 saturated carbocycles. The molecule has 0 radical (unpaired) electrons. The third-order valence-corrected chi connectivity index (χ3v) is 4.36. The summed E-state index contributed by atoms with van der Waals surface area (Å²) < 4.78 is 2.02. The number of carbonyl (C=O) groups excluding carboxylic acids is 1. The average Bonchev–Trinajstić information content (AvgIpc) is 3.09. The number of benzene rings is 1. The molecular formula is C21H24N4O2. The number of nitrogens with zero attached hydrogens (tertiary/aromatic N) is 3. The summed E-state index contributed by atoms with van der Waals surface area (Å²) in [6, 6.07) is 10.0. The lowest BCUT2D eigenvalue weighted by atomic mass is 9.96. The van der Waals surface area contributed by atoms with Gasteiger partial charge in [0.15, 0.2) is 0 Å². The van der Waals surface area contributed by atoms with Crippen LogP contribution in [0.1, 0.15) is 26.3 Å². The van der Waals surface area contributed by atoms with Crippen LogP contribution in [-0.2, 0) is 16.9 Å². The zero-order valence-corrected chi connectivity index (χ0v) is 15.8. The lowest BCUT2D eigenvalue weighted by Crippen LogP contribution is -2.24. The first-order chi connectivity index (χ1) is 12.8. The first-order valence-electron chi connectivity index (χ1n) is 8.89. The molecule has 0 saturated heterocycles. The highest BCUT2D eigenvalue weighted by atomic mass is 16.3. The average molecular weight is 364 g/mol. The zero-order valence-electron chi connectivity index (χ0n) is 15.8. The van der Waals surface area contributed by atoms with E-state index in [2.05, 4.69) is 15.3 Å². The SMILES string of the molecule is CC(=O)NCCn1ccnc1-c1ccc(-c2cncc(C(C)(C)O)c2)cc1. The molecule has 6 heteroatoms. The molecule has 0 unspecified atom stereocenters. The summed E-state index contributed by atoms with van der Waals surface area (Å²) in [5.74, 6) is 0.818. The van der Waals surface area contributed by atoms with Crippen LogP contribution in [0.3, 0.4) is 0 Å². The predicted octanol–water partition coefficient (Wildman–Crippen LogP) is 2.98. The molecule has 3 aromatic rings. The summed E-state index contributed by atoms with van der Waals surface area (Å²) in [5.41, 5.74) is 2.82. The molecule has 0 aliphatic rings. The Morgan fingerprint density at radius 2 is 1.85 bits per heavy atom. The smallest absolute Gasteiger partial charge is 0.216 e. The van der Waals surface area contributed by atoms with Gasteiger partial charge >= 0.3 is 0 Å². The molecule has 0 spiro atoms. The highest BCUT2D eigenvalue weighted by Crippen LogP contribution is 2.27. The van der Waals surface area contributed by atoms with E-state index in [1.165, 1.54) is 6.92 Å². The Kier molecular flexibility index (Phi) is 5.37. The quantitative estimate of drug-likeness (QED) is 0.705. The van der Waals surface area contributed by atoms with Gasteiger partial charge in [-0.25, -0.2) is 4.98 Å². The Bertz CT molecular complexity index is 924. The topological polar surface area (TPSA) is 80.0 Å². The largest absolute Gasteiger partial charge is 0.386 e. The van der Waals surface area contributed by atoms with Crippen molar-refractivity contribution in [3.05, 3.63) is 60.7 Å². The molecule has 0 atom stereocenters. The molecule has 0 aliphatic carbocycles. The van der Waals surface area contributed by atoms with E-state index < -0.39 is 5.60 Å². The summed E-state index contributed by atoms with van der Waals surface area (Å²) in [4.78, 5) is 19.7. The van der Waals surface area contributed by atoms with Gasteiger partial charge in [0.05, 0.1) is 5.60 Å². The molecule has 140 valence electrons. The normalized spacial score (nSPS) is 11.4. The highest BCUT2D eigenvalue weighted by molar-refractivity contribution is 5.72. The molecule has 27 heavy (non-hydrogen) atoms. The number of rotatable bonds is 6. The van der Waals surface area contributed by atoms with Crippen LogP contribution in [0.5, 0.6) is 0 Å².